The summed E-state index contributed by atoms with van der Waals surface area (Å²) in [6, 6.07) is 1.97. The first-order valence-corrected chi connectivity index (χ1v) is 7.15. The molecule has 1 heterocycles. The molecule has 0 spiro atoms. The van der Waals surface area contributed by atoms with E-state index in [1.165, 1.54) is 0 Å². The van der Waals surface area contributed by atoms with Crippen LogP contribution >= 0.6 is 0 Å². The summed E-state index contributed by atoms with van der Waals surface area (Å²) in [5.41, 5.74) is 0.974. The first kappa shape index (κ1) is 16.5. The van der Waals surface area contributed by atoms with E-state index in [4.69, 9.17) is 9.26 Å². The van der Waals surface area contributed by atoms with Crippen molar-refractivity contribution in [2.24, 2.45) is 4.99 Å². The fourth-order valence-corrected chi connectivity index (χ4v) is 1.60. The van der Waals surface area contributed by atoms with Crippen LogP contribution in [0.5, 0.6) is 0 Å². The maximum Gasteiger partial charge on any atom is 0.191 e. The molecule has 20 heavy (non-hydrogen) atoms. The summed E-state index contributed by atoms with van der Waals surface area (Å²) in [6.45, 7) is 9.10. The van der Waals surface area contributed by atoms with E-state index >= 15 is 0 Å². The van der Waals surface area contributed by atoms with Gasteiger partial charge in [0.2, 0.25) is 0 Å². The third-order valence-corrected chi connectivity index (χ3v) is 2.78. The zero-order chi connectivity index (χ0) is 14.8. The summed E-state index contributed by atoms with van der Waals surface area (Å²) in [7, 11) is 1.75. The SMILES string of the molecule is CCOCCCNC(=NC)NCc1cc(C(C)C)no1. The molecule has 0 aromatic carbocycles. The Hall–Kier alpha value is -1.56. The van der Waals surface area contributed by atoms with Crippen molar-refractivity contribution in [1.29, 1.82) is 0 Å². The Kier molecular flexibility index (Phi) is 7.72. The summed E-state index contributed by atoms with van der Waals surface area (Å²) in [6.07, 6.45) is 0.953. The molecule has 0 saturated heterocycles. The molecule has 0 aliphatic heterocycles. The second-order valence-corrected chi connectivity index (χ2v) is 4.78. The lowest BCUT2D eigenvalue weighted by Gasteiger charge is -2.10. The molecule has 2 N–H and O–H groups in total. The van der Waals surface area contributed by atoms with Crippen LogP contribution in [0.1, 0.15) is 44.6 Å². The van der Waals surface area contributed by atoms with Gasteiger partial charge < -0.3 is 19.9 Å². The molecule has 0 fully saturated rings. The fourth-order valence-electron chi connectivity index (χ4n) is 1.60. The highest BCUT2D eigenvalue weighted by Gasteiger charge is 2.07. The Morgan fingerprint density at radius 1 is 1.45 bits per heavy atom. The van der Waals surface area contributed by atoms with Crippen molar-refractivity contribution in [3.63, 3.8) is 0 Å². The van der Waals surface area contributed by atoms with E-state index in [1.807, 2.05) is 13.0 Å². The Labute approximate surface area is 121 Å². The van der Waals surface area contributed by atoms with E-state index < -0.39 is 0 Å². The van der Waals surface area contributed by atoms with Crippen LogP contribution in [0.3, 0.4) is 0 Å². The smallest absolute Gasteiger partial charge is 0.191 e. The number of nitrogens with zero attached hydrogens (tertiary/aromatic N) is 2. The molecule has 0 aliphatic rings. The molecule has 0 unspecified atom stereocenters. The minimum absolute atomic E-state index is 0.378. The molecule has 0 saturated carbocycles. The van der Waals surface area contributed by atoms with Gasteiger partial charge in [0.1, 0.15) is 0 Å². The maximum atomic E-state index is 5.28. The average Bonchev–Trinajstić information content (AvgIpc) is 2.91. The second-order valence-electron chi connectivity index (χ2n) is 4.78. The van der Waals surface area contributed by atoms with Gasteiger partial charge in [-0.15, -0.1) is 0 Å². The van der Waals surface area contributed by atoms with Crippen LogP contribution in [-0.2, 0) is 11.3 Å². The Balaban J connectivity index is 2.26. The maximum absolute atomic E-state index is 5.28. The Bertz CT molecular complexity index is 402. The molecule has 114 valence electrons. The van der Waals surface area contributed by atoms with Crippen molar-refractivity contribution in [2.75, 3.05) is 26.8 Å². The van der Waals surface area contributed by atoms with Gasteiger partial charge in [0, 0.05) is 32.9 Å². The van der Waals surface area contributed by atoms with Gasteiger partial charge in [0.05, 0.1) is 12.2 Å². The first-order valence-electron chi connectivity index (χ1n) is 7.15. The van der Waals surface area contributed by atoms with Gasteiger partial charge in [-0.3, -0.25) is 4.99 Å². The molecule has 0 amide bonds. The van der Waals surface area contributed by atoms with Crippen LogP contribution < -0.4 is 10.6 Å². The Morgan fingerprint density at radius 2 is 2.25 bits per heavy atom. The van der Waals surface area contributed by atoms with Gasteiger partial charge in [-0.2, -0.15) is 0 Å². The lowest BCUT2D eigenvalue weighted by atomic mass is 10.1. The van der Waals surface area contributed by atoms with Crippen molar-refractivity contribution >= 4 is 5.96 Å². The van der Waals surface area contributed by atoms with Crippen molar-refractivity contribution in [3.05, 3.63) is 17.5 Å². The van der Waals surface area contributed by atoms with Crippen molar-refractivity contribution in [3.8, 4) is 0 Å². The third-order valence-electron chi connectivity index (χ3n) is 2.78. The van der Waals surface area contributed by atoms with E-state index in [9.17, 15) is 0 Å². The van der Waals surface area contributed by atoms with E-state index in [0.717, 1.165) is 43.6 Å². The molecule has 0 atom stereocenters. The minimum Gasteiger partial charge on any atom is -0.382 e. The molecule has 1 aromatic rings. The van der Waals surface area contributed by atoms with Crippen LogP contribution in [0.2, 0.25) is 0 Å². The predicted molar refractivity (Wildman–Crippen MR) is 79.9 cm³/mol. The number of aromatic nitrogens is 1. The summed E-state index contributed by atoms with van der Waals surface area (Å²) >= 11 is 0. The molecule has 6 heteroatoms. The monoisotopic (exact) mass is 282 g/mol. The highest BCUT2D eigenvalue weighted by atomic mass is 16.5. The number of guanidine groups is 1. The van der Waals surface area contributed by atoms with Gasteiger partial charge in [-0.25, -0.2) is 0 Å². The number of hydrogen-bond acceptors (Lipinski definition) is 4. The summed E-state index contributed by atoms with van der Waals surface area (Å²) in [4.78, 5) is 4.15. The van der Waals surface area contributed by atoms with Crippen LogP contribution in [0, 0.1) is 0 Å². The molecular weight excluding hydrogens is 256 g/mol. The first-order chi connectivity index (χ1) is 9.67. The zero-order valence-electron chi connectivity index (χ0n) is 12.9. The number of rotatable bonds is 8. The molecular formula is C14H26N4O2. The van der Waals surface area contributed by atoms with Crippen LogP contribution in [0.25, 0.3) is 0 Å². The van der Waals surface area contributed by atoms with Crippen LogP contribution in [0.15, 0.2) is 15.6 Å². The summed E-state index contributed by atoms with van der Waals surface area (Å²) in [5.74, 6) is 1.94. The molecule has 0 aliphatic carbocycles. The van der Waals surface area contributed by atoms with E-state index in [1.54, 1.807) is 7.05 Å². The van der Waals surface area contributed by atoms with Gasteiger partial charge in [0.15, 0.2) is 11.7 Å². The second kappa shape index (κ2) is 9.36. The summed E-state index contributed by atoms with van der Waals surface area (Å²) in [5, 5.41) is 10.4. The molecule has 0 radical (unpaired) electrons. The third kappa shape index (κ3) is 6.06. The minimum atomic E-state index is 0.378. The van der Waals surface area contributed by atoms with Gasteiger partial charge >= 0.3 is 0 Å². The van der Waals surface area contributed by atoms with Crippen molar-refractivity contribution in [2.45, 2.75) is 39.7 Å². The molecule has 1 rings (SSSR count). The van der Waals surface area contributed by atoms with E-state index in [-0.39, 0.29) is 0 Å². The average molecular weight is 282 g/mol. The lowest BCUT2D eigenvalue weighted by Crippen LogP contribution is -2.37. The van der Waals surface area contributed by atoms with Crippen molar-refractivity contribution in [1.82, 2.24) is 15.8 Å². The molecule has 1 aromatic heterocycles. The number of hydrogen-bond donors (Lipinski definition) is 2. The number of nitrogens with one attached hydrogen (secondary N) is 2. The quantitative estimate of drug-likeness (QED) is 0.433. The predicted octanol–water partition coefficient (Wildman–Crippen LogP) is 1.89. The number of ether oxygens (including phenoxy) is 1. The molecule has 6 nitrogen and oxygen atoms in total. The molecule has 0 bridgehead atoms. The summed E-state index contributed by atoms with van der Waals surface area (Å²) < 4.78 is 10.5. The van der Waals surface area contributed by atoms with Crippen molar-refractivity contribution < 1.29 is 9.26 Å². The van der Waals surface area contributed by atoms with E-state index in [2.05, 4.69) is 34.6 Å². The van der Waals surface area contributed by atoms with Gasteiger partial charge in [-0.1, -0.05) is 19.0 Å². The van der Waals surface area contributed by atoms with Gasteiger partial charge in [-0.05, 0) is 19.3 Å². The standard InChI is InChI=1S/C14H26N4O2/c1-5-19-8-6-7-16-14(15-4)17-10-12-9-13(11(2)3)18-20-12/h9,11H,5-8,10H2,1-4H3,(H2,15,16,17). The fraction of sp³-hybridized carbons (Fsp3) is 0.714. The lowest BCUT2D eigenvalue weighted by molar-refractivity contribution is 0.145. The van der Waals surface area contributed by atoms with Crippen LogP contribution in [-0.4, -0.2) is 37.9 Å². The normalized spacial score (nSPS) is 11.9. The highest BCUT2D eigenvalue weighted by Crippen LogP contribution is 2.13. The topological polar surface area (TPSA) is 71.7 Å². The Morgan fingerprint density at radius 3 is 2.85 bits per heavy atom. The highest BCUT2D eigenvalue weighted by molar-refractivity contribution is 5.79. The number of aliphatic imine (C=N–C) groups is 1. The zero-order valence-corrected chi connectivity index (χ0v) is 12.9. The largest absolute Gasteiger partial charge is 0.382 e. The van der Waals surface area contributed by atoms with E-state index in [0.29, 0.717) is 12.5 Å². The van der Waals surface area contributed by atoms with Crippen LogP contribution in [0.4, 0.5) is 0 Å². The van der Waals surface area contributed by atoms with Gasteiger partial charge in [0.25, 0.3) is 0 Å².